The van der Waals surface area contributed by atoms with Crippen LogP contribution >= 0.6 is 34.2 Å². The zero-order valence-corrected chi connectivity index (χ0v) is 15.6. The zero-order chi connectivity index (χ0) is 16.2. The van der Waals surface area contributed by atoms with Gasteiger partial charge in [0.1, 0.15) is 0 Å². The van der Waals surface area contributed by atoms with E-state index in [0.29, 0.717) is 10.6 Å². The van der Waals surface area contributed by atoms with Crippen molar-refractivity contribution in [2.45, 2.75) is 19.4 Å². The molecule has 2 aromatic carbocycles. The summed E-state index contributed by atoms with van der Waals surface area (Å²) >= 11 is 8.14. The van der Waals surface area contributed by atoms with Gasteiger partial charge in [0, 0.05) is 20.8 Å². The van der Waals surface area contributed by atoms with Crippen LogP contribution in [-0.2, 0) is 6.54 Å². The number of amides is 1. The summed E-state index contributed by atoms with van der Waals surface area (Å²) < 4.78 is 0.887. The van der Waals surface area contributed by atoms with Crippen LogP contribution in [0.15, 0.2) is 42.5 Å². The van der Waals surface area contributed by atoms with E-state index in [4.69, 9.17) is 11.6 Å². The van der Waals surface area contributed by atoms with Crippen molar-refractivity contribution >= 4 is 45.8 Å². The van der Waals surface area contributed by atoms with Crippen LogP contribution in [0.2, 0.25) is 5.02 Å². The number of carbonyl (C=O) groups is 1. The fraction of sp³-hybridized carbons (Fsp3) is 0.278. The van der Waals surface area contributed by atoms with Crippen molar-refractivity contribution in [2.75, 3.05) is 18.4 Å². The van der Waals surface area contributed by atoms with E-state index in [2.05, 4.69) is 38.9 Å². The summed E-state index contributed by atoms with van der Waals surface area (Å²) in [6.45, 7) is 3.27. The maximum Gasteiger partial charge on any atom is 0.256 e. The molecule has 2 aromatic rings. The molecule has 3 rings (SSSR count). The highest BCUT2D eigenvalue weighted by molar-refractivity contribution is 14.1. The Balaban J connectivity index is 1.72. The van der Waals surface area contributed by atoms with Crippen molar-refractivity contribution in [3.05, 3.63) is 62.2 Å². The molecular formula is C18H18ClIN2O. The van der Waals surface area contributed by atoms with E-state index in [1.165, 1.54) is 18.4 Å². The molecule has 5 heteroatoms. The first-order chi connectivity index (χ1) is 11.1. The van der Waals surface area contributed by atoms with Crippen molar-refractivity contribution < 1.29 is 4.79 Å². The molecule has 1 aliphatic rings. The fourth-order valence-electron chi connectivity index (χ4n) is 2.82. The number of hydrogen-bond donors (Lipinski definition) is 1. The Labute approximate surface area is 155 Å². The second kappa shape index (κ2) is 7.64. The van der Waals surface area contributed by atoms with Gasteiger partial charge in [-0.15, -0.1) is 0 Å². The fourth-order valence-corrected chi connectivity index (χ4v) is 3.57. The van der Waals surface area contributed by atoms with Crippen LogP contribution in [-0.4, -0.2) is 23.9 Å². The average Bonchev–Trinajstić information content (AvgIpc) is 3.03. The lowest BCUT2D eigenvalue weighted by atomic mass is 10.1. The highest BCUT2D eigenvalue weighted by atomic mass is 127. The van der Waals surface area contributed by atoms with E-state index in [1.54, 1.807) is 12.1 Å². The summed E-state index contributed by atoms with van der Waals surface area (Å²) in [6, 6.07) is 13.4. The molecule has 1 aliphatic heterocycles. The number of anilines is 1. The Bertz CT molecular complexity index is 714. The molecule has 0 saturated carbocycles. The lowest BCUT2D eigenvalue weighted by molar-refractivity contribution is 0.102. The summed E-state index contributed by atoms with van der Waals surface area (Å²) in [5.74, 6) is -0.129. The third-order valence-electron chi connectivity index (χ3n) is 3.96. The predicted molar refractivity (Wildman–Crippen MR) is 103 cm³/mol. The minimum atomic E-state index is -0.129. The van der Waals surface area contributed by atoms with Crippen molar-refractivity contribution in [3.63, 3.8) is 0 Å². The molecule has 0 aromatic heterocycles. The van der Waals surface area contributed by atoms with Crippen molar-refractivity contribution in [3.8, 4) is 0 Å². The smallest absolute Gasteiger partial charge is 0.256 e. The van der Waals surface area contributed by atoms with Crippen molar-refractivity contribution in [1.82, 2.24) is 4.90 Å². The minimum absolute atomic E-state index is 0.129. The zero-order valence-electron chi connectivity index (χ0n) is 12.7. The van der Waals surface area contributed by atoms with Gasteiger partial charge in [0.25, 0.3) is 5.91 Å². The van der Waals surface area contributed by atoms with Gasteiger partial charge in [-0.05, 0) is 84.4 Å². The molecule has 0 spiro atoms. The number of hydrogen-bond acceptors (Lipinski definition) is 2. The lowest BCUT2D eigenvalue weighted by Crippen LogP contribution is -2.18. The molecule has 0 atom stereocenters. The van der Waals surface area contributed by atoms with Gasteiger partial charge in [-0.1, -0.05) is 23.7 Å². The van der Waals surface area contributed by atoms with Crippen LogP contribution in [0.5, 0.6) is 0 Å². The Morgan fingerprint density at radius 1 is 1.17 bits per heavy atom. The van der Waals surface area contributed by atoms with Gasteiger partial charge in [-0.3, -0.25) is 9.69 Å². The van der Waals surface area contributed by atoms with Crippen LogP contribution in [0.1, 0.15) is 28.8 Å². The van der Waals surface area contributed by atoms with Crippen LogP contribution < -0.4 is 5.32 Å². The number of likely N-dealkylation sites (tertiary alicyclic amines) is 1. The standard InChI is InChI=1S/C18H18ClIN2O/c19-14-6-7-17(20)16(11-14)18(23)21-15-5-3-4-13(10-15)12-22-8-1-2-9-22/h3-7,10-11H,1-2,8-9,12H2,(H,21,23). The van der Waals surface area contributed by atoms with Crippen LogP contribution in [0, 0.1) is 3.57 Å². The quantitative estimate of drug-likeness (QED) is 0.693. The molecule has 0 aliphatic carbocycles. The monoisotopic (exact) mass is 440 g/mol. The maximum absolute atomic E-state index is 12.5. The number of nitrogens with one attached hydrogen (secondary N) is 1. The highest BCUT2D eigenvalue weighted by Crippen LogP contribution is 2.21. The molecule has 120 valence electrons. The Morgan fingerprint density at radius 2 is 1.96 bits per heavy atom. The Hall–Kier alpha value is -1.11. The molecule has 1 saturated heterocycles. The normalized spacial score (nSPS) is 14.9. The number of halogens is 2. The summed E-state index contributed by atoms with van der Waals surface area (Å²) in [4.78, 5) is 14.9. The van der Waals surface area contributed by atoms with E-state index in [0.717, 1.165) is 28.9 Å². The number of carbonyl (C=O) groups excluding carboxylic acids is 1. The van der Waals surface area contributed by atoms with Crippen LogP contribution in [0.3, 0.4) is 0 Å². The Morgan fingerprint density at radius 3 is 2.74 bits per heavy atom. The highest BCUT2D eigenvalue weighted by Gasteiger charge is 2.13. The molecule has 1 N–H and O–H groups in total. The third-order valence-corrected chi connectivity index (χ3v) is 5.14. The summed E-state index contributed by atoms with van der Waals surface area (Å²) in [7, 11) is 0. The molecule has 1 fully saturated rings. The first-order valence-corrected chi connectivity index (χ1v) is 9.15. The van der Waals surface area contributed by atoms with Crippen molar-refractivity contribution in [2.24, 2.45) is 0 Å². The molecule has 0 unspecified atom stereocenters. The average molecular weight is 441 g/mol. The van der Waals surface area contributed by atoms with Gasteiger partial charge in [0.15, 0.2) is 0 Å². The number of nitrogens with zero attached hydrogens (tertiary/aromatic N) is 1. The molecule has 0 bridgehead atoms. The maximum atomic E-state index is 12.5. The van der Waals surface area contributed by atoms with Crippen LogP contribution in [0.4, 0.5) is 5.69 Å². The van der Waals surface area contributed by atoms with Crippen molar-refractivity contribution in [1.29, 1.82) is 0 Å². The summed E-state index contributed by atoms with van der Waals surface area (Å²) in [5, 5.41) is 3.54. The predicted octanol–water partition coefficient (Wildman–Crippen LogP) is 4.79. The van der Waals surface area contributed by atoms with Crippen LogP contribution in [0.25, 0.3) is 0 Å². The largest absolute Gasteiger partial charge is 0.322 e. The van der Waals surface area contributed by atoms with Gasteiger partial charge in [-0.25, -0.2) is 0 Å². The van der Waals surface area contributed by atoms with E-state index < -0.39 is 0 Å². The first-order valence-electron chi connectivity index (χ1n) is 7.69. The molecule has 23 heavy (non-hydrogen) atoms. The van der Waals surface area contributed by atoms with Gasteiger partial charge >= 0.3 is 0 Å². The first kappa shape index (κ1) is 16.7. The SMILES string of the molecule is O=C(Nc1cccc(CN2CCCC2)c1)c1cc(Cl)ccc1I. The molecule has 1 amide bonds. The van der Waals surface area contributed by atoms with Gasteiger partial charge in [0.2, 0.25) is 0 Å². The Kier molecular flexibility index (Phi) is 5.56. The summed E-state index contributed by atoms with van der Waals surface area (Å²) in [5.41, 5.74) is 2.65. The lowest BCUT2D eigenvalue weighted by Gasteiger charge is -2.15. The van der Waals surface area contributed by atoms with E-state index in [1.807, 2.05) is 24.3 Å². The molecule has 3 nitrogen and oxygen atoms in total. The van der Waals surface area contributed by atoms with Gasteiger partial charge < -0.3 is 5.32 Å². The molecule has 1 heterocycles. The van der Waals surface area contributed by atoms with E-state index >= 15 is 0 Å². The molecule has 0 radical (unpaired) electrons. The van der Waals surface area contributed by atoms with Gasteiger partial charge in [-0.2, -0.15) is 0 Å². The van der Waals surface area contributed by atoms with E-state index in [9.17, 15) is 4.79 Å². The summed E-state index contributed by atoms with van der Waals surface area (Å²) in [6.07, 6.45) is 2.56. The minimum Gasteiger partial charge on any atom is -0.322 e. The third kappa shape index (κ3) is 4.46. The van der Waals surface area contributed by atoms with Gasteiger partial charge in [0.05, 0.1) is 5.56 Å². The second-order valence-electron chi connectivity index (χ2n) is 5.76. The topological polar surface area (TPSA) is 32.3 Å². The number of benzene rings is 2. The number of rotatable bonds is 4. The van der Waals surface area contributed by atoms with E-state index in [-0.39, 0.29) is 5.91 Å². The molecular weight excluding hydrogens is 423 g/mol. The second-order valence-corrected chi connectivity index (χ2v) is 7.36.